The molecule has 3 rings (SSSR count). The molecule has 4 nitrogen and oxygen atoms in total. The molecule has 2 fully saturated rings. The van der Waals surface area contributed by atoms with Crippen LogP contribution in [0.3, 0.4) is 0 Å². The van der Waals surface area contributed by atoms with E-state index in [9.17, 15) is 4.79 Å². The highest BCUT2D eigenvalue weighted by Gasteiger charge is 2.36. The molecule has 1 N–H and O–H groups in total. The Bertz CT molecular complexity index is 548. The average Bonchev–Trinajstić information content (AvgIpc) is 2.91. The van der Waals surface area contributed by atoms with Gasteiger partial charge >= 0.3 is 0 Å². The van der Waals surface area contributed by atoms with E-state index in [0.717, 1.165) is 24.2 Å². The largest absolute Gasteiger partial charge is 0.496 e. The predicted molar refractivity (Wildman–Crippen MR) is 91.8 cm³/mol. The molecule has 23 heavy (non-hydrogen) atoms. The van der Waals surface area contributed by atoms with Gasteiger partial charge in [-0.15, -0.1) is 0 Å². The first-order chi connectivity index (χ1) is 11.1. The number of methoxy groups -OCH3 is 1. The Balaban J connectivity index is 1.61. The Morgan fingerprint density at radius 1 is 1.30 bits per heavy atom. The number of carbonyl (C=O) groups excluding carboxylic acids is 1. The number of fused-ring (bicyclic) bond motifs is 2. The second kappa shape index (κ2) is 6.91. The summed E-state index contributed by atoms with van der Waals surface area (Å²) < 4.78 is 5.43. The van der Waals surface area contributed by atoms with Crippen molar-refractivity contribution in [1.82, 2.24) is 10.2 Å². The molecule has 1 amide bonds. The van der Waals surface area contributed by atoms with Crippen LogP contribution in [0.15, 0.2) is 24.3 Å². The minimum Gasteiger partial charge on any atom is -0.496 e. The lowest BCUT2D eigenvalue weighted by atomic mass is 9.94. The monoisotopic (exact) mass is 316 g/mol. The molecule has 2 bridgehead atoms. The highest BCUT2D eigenvalue weighted by Crippen LogP contribution is 2.32. The van der Waals surface area contributed by atoms with E-state index < -0.39 is 0 Å². The van der Waals surface area contributed by atoms with E-state index in [4.69, 9.17) is 4.74 Å². The average molecular weight is 316 g/mol. The standard InChI is InChI=1S/C19H28N2O2/c1-13(17-6-4-5-7-18(17)23-3)10-19(22)21(2)16-11-14-8-9-15(12-16)20-14/h4-7,13-16,20H,8-12H2,1-3H3. The van der Waals surface area contributed by atoms with Gasteiger partial charge in [-0.1, -0.05) is 25.1 Å². The Hall–Kier alpha value is -1.55. The Morgan fingerprint density at radius 2 is 1.96 bits per heavy atom. The lowest BCUT2D eigenvalue weighted by Gasteiger charge is -2.36. The summed E-state index contributed by atoms with van der Waals surface area (Å²) in [6, 6.07) is 9.61. The summed E-state index contributed by atoms with van der Waals surface area (Å²) in [6.45, 7) is 2.11. The molecule has 2 saturated heterocycles. The van der Waals surface area contributed by atoms with Crippen LogP contribution in [0.4, 0.5) is 0 Å². The molecular formula is C19H28N2O2. The van der Waals surface area contributed by atoms with Crippen LogP contribution in [0.2, 0.25) is 0 Å². The van der Waals surface area contributed by atoms with Crippen LogP contribution >= 0.6 is 0 Å². The molecule has 3 unspecified atom stereocenters. The SMILES string of the molecule is COc1ccccc1C(C)CC(=O)N(C)C1CC2CCC(C1)N2. The Kier molecular flexibility index (Phi) is 4.90. The fraction of sp³-hybridized carbons (Fsp3) is 0.632. The molecule has 4 heteroatoms. The number of carbonyl (C=O) groups is 1. The summed E-state index contributed by atoms with van der Waals surface area (Å²) >= 11 is 0. The predicted octanol–water partition coefficient (Wildman–Crippen LogP) is 2.93. The Labute approximate surface area is 139 Å². The first-order valence-corrected chi connectivity index (χ1v) is 8.73. The van der Waals surface area contributed by atoms with Crippen molar-refractivity contribution < 1.29 is 9.53 Å². The van der Waals surface area contributed by atoms with Gasteiger partial charge < -0.3 is 15.0 Å². The van der Waals surface area contributed by atoms with Gasteiger partial charge in [-0.25, -0.2) is 0 Å². The van der Waals surface area contributed by atoms with Crippen LogP contribution in [-0.2, 0) is 4.79 Å². The van der Waals surface area contributed by atoms with E-state index in [1.165, 1.54) is 12.8 Å². The number of para-hydroxylation sites is 1. The molecule has 0 saturated carbocycles. The van der Waals surface area contributed by atoms with Crippen molar-refractivity contribution in [2.75, 3.05) is 14.2 Å². The molecule has 3 atom stereocenters. The number of hydrogen-bond donors (Lipinski definition) is 1. The molecule has 2 heterocycles. The van der Waals surface area contributed by atoms with E-state index in [1.807, 2.05) is 30.1 Å². The van der Waals surface area contributed by atoms with Crippen molar-refractivity contribution in [3.8, 4) is 5.75 Å². The Morgan fingerprint density at radius 3 is 2.61 bits per heavy atom. The van der Waals surface area contributed by atoms with Crippen molar-refractivity contribution in [2.45, 2.75) is 63.1 Å². The third-order valence-corrected chi connectivity index (χ3v) is 5.54. The van der Waals surface area contributed by atoms with Crippen molar-refractivity contribution >= 4 is 5.91 Å². The lowest BCUT2D eigenvalue weighted by Crippen LogP contribution is -2.48. The van der Waals surface area contributed by atoms with Gasteiger partial charge in [-0.05, 0) is 43.2 Å². The number of nitrogens with zero attached hydrogens (tertiary/aromatic N) is 1. The first kappa shape index (κ1) is 16.3. The molecule has 0 aliphatic carbocycles. The molecule has 1 aromatic carbocycles. The van der Waals surface area contributed by atoms with Gasteiger partial charge in [0.1, 0.15) is 5.75 Å². The number of ether oxygens (including phenoxy) is 1. The topological polar surface area (TPSA) is 41.6 Å². The van der Waals surface area contributed by atoms with E-state index in [-0.39, 0.29) is 11.8 Å². The van der Waals surface area contributed by atoms with Crippen LogP contribution in [0.5, 0.6) is 5.75 Å². The number of rotatable bonds is 5. The third kappa shape index (κ3) is 3.52. The van der Waals surface area contributed by atoms with Gasteiger partial charge in [-0.2, -0.15) is 0 Å². The van der Waals surface area contributed by atoms with Crippen molar-refractivity contribution in [3.05, 3.63) is 29.8 Å². The zero-order valence-corrected chi connectivity index (χ0v) is 14.4. The second-order valence-corrected chi connectivity index (χ2v) is 7.11. The van der Waals surface area contributed by atoms with Crippen LogP contribution in [0, 0.1) is 0 Å². The minimum absolute atomic E-state index is 0.166. The highest BCUT2D eigenvalue weighted by atomic mass is 16.5. The van der Waals surface area contributed by atoms with Crippen molar-refractivity contribution in [2.24, 2.45) is 0 Å². The number of hydrogen-bond acceptors (Lipinski definition) is 3. The minimum atomic E-state index is 0.166. The molecular weight excluding hydrogens is 288 g/mol. The van der Waals surface area contributed by atoms with E-state index in [1.54, 1.807) is 7.11 Å². The maximum atomic E-state index is 12.7. The molecule has 2 aliphatic heterocycles. The summed E-state index contributed by atoms with van der Waals surface area (Å²) in [5, 5.41) is 3.64. The van der Waals surface area contributed by atoms with Crippen LogP contribution in [0.25, 0.3) is 0 Å². The summed E-state index contributed by atoms with van der Waals surface area (Å²) in [4.78, 5) is 14.7. The van der Waals surface area contributed by atoms with Crippen LogP contribution in [0.1, 0.15) is 50.5 Å². The zero-order valence-electron chi connectivity index (χ0n) is 14.4. The smallest absolute Gasteiger partial charge is 0.223 e. The molecule has 2 aliphatic rings. The molecule has 126 valence electrons. The van der Waals surface area contributed by atoms with E-state index in [2.05, 4.69) is 18.3 Å². The van der Waals surface area contributed by atoms with Gasteiger partial charge in [0, 0.05) is 31.6 Å². The number of nitrogens with one attached hydrogen (secondary N) is 1. The second-order valence-electron chi connectivity index (χ2n) is 7.11. The molecule has 1 aromatic rings. The molecule has 0 radical (unpaired) electrons. The number of benzene rings is 1. The molecule has 0 aromatic heterocycles. The number of piperidine rings is 1. The third-order valence-electron chi connectivity index (χ3n) is 5.54. The summed E-state index contributed by atoms with van der Waals surface area (Å²) in [5.74, 6) is 1.28. The van der Waals surface area contributed by atoms with E-state index in [0.29, 0.717) is 24.5 Å². The van der Waals surface area contributed by atoms with Crippen molar-refractivity contribution in [1.29, 1.82) is 0 Å². The fourth-order valence-corrected chi connectivity index (χ4v) is 4.14. The fourth-order valence-electron chi connectivity index (χ4n) is 4.14. The van der Waals surface area contributed by atoms with E-state index >= 15 is 0 Å². The number of amides is 1. The van der Waals surface area contributed by atoms with Crippen molar-refractivity contribution in [3.63, 3.8) is 0 Å². The summed E-state index contributed by atoms with van der Waals surface area (Å²) in [6.07, 6.45) is 5.27. The normalized spacial score (nSPS) is 27.5. The van der Waals surface area contributed by atoms with Gasteiger partial charge in [0.15, 0.2) is 0 Å². The summed E-state index contributed by atoms with van der Waals surface area (Å²) in [7, 11) is 3.66. The molecule has 0 spiro atoms. The zero-order chi connectivity index (χ0) is 16.4. The van der Waals surface area contributed by atoms with Gasteiger partial charge in [0.05, 0.1) is 7.11 Å². The summed E-state index contributed by atoms with van der Waals surface area (Å²) in [5.41, 5.74) is 1.11. The van der Waals surface area contributed by atoms with Gasteiger partial charge in [-0.3, -0.25) is 4.79 Å². The maximum absolute atomic E-state index is 12.7. The maximum Gasteiger partial charge on any atom is 0.223 e. The highest BCUT2D eigenvalue weighted by molar-refractivity contribution is 5.77. The lowest BCUT2D eigenvalue weighted by molar-refractivity contribution is -0.133. The van der Waals surface area contributed by atoms with Gasteiger partial charge in [0.25, 0.3) is 0 Å². The van der Waals surface area contributed by atoms with Crippen LogP contribution in [-0.4, -0.2) is 43.1 Å². The quantitative estimate of drug-likeness (QED) is 0.908. The van der Waals surface area contributed by atoms with Crippen LogP contribution < -0.4 is 10.1 Å². The van der Waals surface area contributed by atoms with Gasteiger partial charge in [0.2, 0.25) is 5.91 Å². The first-order valence-electron chi connectivity index (χ1n) is 8.73.